The number of anilines is 1. The number of rotatable bonds is 7. The highest BCUT2D eigenvalue weighted by atomic mass is 32.2. The van der Waals surface area contributed by atoms with Crippen LogP contribution in [-0.2, 0) is 14.9 Å². The van der Waals surface area contributed by atoms with E-state index in [1.807, 2.05) is 24.3 Å². The number of pyridine rings is 1. The number of ether oxygens (including phenoxy) is 2. The predicted molar refractivity (Wildman–Crippen MR) is 121 cm³/mol. The van der Waals surface area contributed by atoms with Gasteiger partial charge in [-0.3, -0.25) is 4.79 Å². The summed E-state index contributed by atoms with van der Waals surface area (Å²) in [6, 6.07) is 9.19. The van der Waals surface area contributed by atoms with Gasteiger partial charge in [-0.25, -0.2) is 9.78 Å². The summed E-state index contributed by atoms with van der Waals surface area (Å²) < 4.78 is 10.4. The number of thioether (sulfide) groups is 1. The molecule has 0 spiro atoms. The Morgan fingerprint density at radius 2 is 1.97 bits per heavy atom. The maximum atomic E-state index is 12.6. The highest BCUT2D eigenvalue weighted by Crippen LogP contribution is 2.32. The van der Waals surface area contributed by atoms with Gasteiger partial charge in [-0.15, -0.1) is 0 Å². The van der Waals surface area contributed by atoms with Crippen molar-refractivity contribution in [3.63, 3.8) is 0 Å². The van der Waals surface area contributed by atoms with E-state index in [1.54, 1.807) is 21.0 Å². The van der Waals surface area contributed by atoms with Gasteiger partial charge in [-0.1, -0.05) is 38.6 Å². The molecule has 8 heteroatoms. The number of nitriles is 1. The third kappa shape index (κ3) is 6.22. The molecule has 1 aromatic heterocycles. The Kier molecular flexibility index (Phi) is 8.06. The number of amides is 1. The summed E-state index contributed by atoms with van der Waals surface area (Å²) in [6.45, 7) is 9.88. The zero-order valence-corrected chi connectivity index (χ0v) is 19.5. The van der Waals surface area contributed by atoms with Crippen LogP contribution in [-0.4, -0.2) is 36.3 Å². The number of nitrogens with one attached hydrogen (secondary N) is 1. The van der Waals surface area contributed by atoms with Gasteiger partial charge >= 0.3 is 5.97 Å². The van der Waals surface area contributed by atoms with Gasteiger partial charge in [0.25, 0.3) is 0 Å². The molecule has 7 nitrogen and oxygen atoms in total. The summed E-state index contributed by atoms with van der Waals surface area (Å²) in [5.74, 6) is -0.170. The van der Waals surface area contributed by atoms with Crippen LogP contribution in [0.5, 0.6) is 5.75 Å². The topological polar surface area (TPSA) is 101 Å². The van der Waals surface area contributed by atoms with E-state index < -0.39 is 5.97 Å². The van der Waals surface area contributed by atoms with Crippen molar-refractivity contribution in [2.24, 2.45) is 0 Å². The molecule has 0 saturated heterocycles. The highest BCUT2D eigenvalue weighted by molar-refractivity contribution is 8.00. The molecule has 0 bridgehead atoms. The summed E-state index contributed by atoms with van der Waals surface area (Å²) >= 11 is 1.13. The Morgan fingerprint density at radius 1 is 1.26 bits per heavy atom. The molecule has 2 aromatic rings. The first-order chi connectivity index (χ1) is 14.6. The maximum Gasteiger partial charge on any atom is 0.340 e. The number of hydrogen-bond acceptors (Lipinski definition) is 7. The number of aromatic nitrogens is 1. The standard InChI is InChI=1S/C23H27N3O4S/c1-7-30-22(28)17-10-15(12-24)21(25-14(17)2)31-13-20(27)26-18-11-16(23(3,4)5)8-9-19(18)29-6/h8-11H,7,13H2,1-6H3,(H,26,27). The van der Waals surface area contributed by atoms with Crippen molar-refractivity contribution in [3.05, 3.63) is 46.6 Å². The average molecular weight is 442 g/mol. The van der Waals surface area contributed by atoms with E-state index in [2.05, 4.69) is 31.1 Å². The number of methoxy groups -OCH3 is 1. The highest BCUT2D eigenvalue weighted by Gasteiger charge is 2.19. The number of carbonyl (C=O) groups excluding carboxylic acids is 2. The van der Waals surface area contributed by atoms with Gasteiger partial charge in [0.2, 0.25) is 5.91 Å². The molecule has 1 N–H and O–H groups in total. The monoisotopic (exact) mass is 441 g/mol. The Hall–Kier alpha value is -3.05. The Balaban J connectivity index is 2.17. The molecule has 0 aliphatic heterocycles. The van der Waals surface area contributed by atoms with Crippen LogP contribution < -0.4 is 10.1 Å². The van der Waals surface area contributed by atoms with Crippen LogP contribution in [0.3, 0.4) is 0 Å². The van der Waals surface area contributed by atoms with E-state index in [1.165, 1.54) is 6.07 Å². The first kappa shape index (κ1) is 24.2. The lowest BCUT2D eigenvalue weighted by molar-refractivity contribution is -0.113. The lowest BCUT2D eigenvalue weighted by Gasteiger charge is -2.21. The van der Waals surface area contributed by atoms with Crippen molar-refractivity contribution in [2.45, 2.75) is 45.1 Å². The molecular formula is C23H27N3O4S. The van der Waals surface area contributed by atoms with Gasteiger partial charge in [0.05, 0.1) is 42.0 Å². The molecule has 0 aliphatic rings. The lowest BCUT2D eigenvalue weighted by Crippen LogP contribution is -2.17. The Labute approximate surface area is 187 Å². The number of carbonyl (C=O) groups is 2. The second-order valence-electron chi connectivity index (χ2n) is 7.81. The van der Waals surface area contributed by atoms with Gasteiger partial charge in [0, 0.05) is 0 Å². The molecule has 0 radical (unpaired) electrons. The smallest absolute Gasteiger partial charge is 0.340 e. The van der Waals surface area contributed by atoms with Crippen molar-refractivity contribution < 1.29 is 19.1 Å². The van der Waals surface area contributed by atoms with E-state index >= 15 is 0 Å². The minimum absolute atomic E-state index is 0.0444. The Morgan fingerprint density at radius 3 is 2.55 bits per heavy atom. The molecule has 0 unspecified atom stereocenters. The van der Waals surface area contributed by atoms with E-state index in [4.69, 9.17) is 9.47 Å². The number of aryl methyl sites for hydroxylation is 1. The van der Waals surface area contributed by atoms with E-state index in [0.717, 1.165) is 17.3 Å². The Bertz CT molecular complexity index is 1020. The minimum Gasteiger partial charge on any atom is -0.495 e. The molecule has 0 aliphatic carbocycles. The zero-order valence-electron chi connectivity index (χ0n) is 18.7. The number of esters is 1. The quantitative estimate of drug-likeness (QED) is 0.499. The van der Waals surface area contributed by atoms with Crippen molar-refractivity contribution >= 4 is 29.3 Å². The molecule has 0 atom stereocenters. The van der Waals surface area contributed by atoms with Crippen molar-refractivity contribution in [1.82, 2.24) is 4.98 Å². The van der Waals surface area contributed by atoms with Crippen LogP contribution in [0.2, 0.25) is 0 Å². The molecule has 0 saturated carbocycles. The maximum absolute atomic E-state index is 12.6. The number of hydrogen-bond donors (Lipinski definition) is 1. The molecule has 0 fully saturated rings. The number of benzene rings is 1. The fourth-order valence-electron chi connectivity index (χ4n) is 2.78. The van der Waals surface area contributed by atoms with Crippen molar-refractivity contribution in [3.8, 4) is 11.8 Å². The van der Waals surface area contributed by atoms with Gasteiger partial charge in [-0.2, -0.15) is 5.26 Å². The summed E-state index contributed by atoms with van der Waals surface area (Å²) in [4.78, 5) is 28.9. The second-order valence-corrected chi connectivity index (χ2v) is 8.77. The summed E-state index contributed by atoms with van der Waals surface area (Å²) in [6.07, 6.45) is 0. The van der Waals surface area contributed by atoms with Crippen LogP contribution in [0.15, 0.2) is 29.3 Å². The van der Waals surface area contributed by atoms with Crippen LogP contribution in [0, 0.1) is 18.3 Å². The SMILES string of the molecule is CCOC(=O)c1cc(C#N)c(SCC(=O)Nc2cc(C(C)(C)C)ccc2OC)nc1C. The van der Waals surface area contributed by atoms with Gasteiger partial charge in [0.1, 0.15) is 16.8 Å². The summed E-state index contributed by atoms with van der Waals surface area (Å²) in [7, 11) is 1.55. The first-order valence-electron chi connectivity index (χ1n) is 9.80. The molecule has 1 heterocycles. The molecule has 1 amide bonds. The zero-order chi connectivity index (χ0) is 23.2. The fourth-order valence-corrected chi connectivity index (χ4v) is 3.58. The van der Waals surface area contributed by atoms with Crippen LogP contribution >= 0.6 is 11.8 Å². The average Bonchev–Trinajstić information content (AvgIpc) is 2.71. The van der Waals surface area contributed by atoms with E-state index in [0.29, 0.717) is 22.2 Å². The molecule has 2 rings (SSSR count). The minimum atomic E-state index is -0.524. The fraction of sp³-hybridized carbons (Fsp3) is 0.391. The van der Waals surface area contributed by atoms with Gasteiger partial charge < -0.3 is 14.8 Å². The summed E-state index contributed by atoms with van der Waals surface area (Å²) in [5, 5.41) is 12.7. The lowest BCUT2D eigenvalue weighted by atomic mass is 9.87. The molecule has 164 valence electrons. The third-order valence-electron chi connectivity index (χ3n) is 4.47. The summed E-state index contributed by atoms with van der Waals surface area (Å²) in [5.41, 5.74) is 2.48. The normalized spacial score (nSPS) is 10.9. The first-order valence-corrected chi connectivity index (χ1v) is 10.8. The van der Waals surface area contributed by atoms with E-state index in [-0.39, 0.29) is 34.8 Å². The second kappa shape index (κ2) is 10.3. The van der Waals surface area contributed by atoms with Gasteiger partial charge in [-0.05, 0) is 43.0 Å². The molecule has 31 heavy (non-hydrogen) atoms. The molecule has 1 aromatic carbocycles. The van der Waals surface area contributed by atoms with Crippen LogP contribution in [0.25, 0.3) is 0 Å². The molecular weight excluding hydrogens is 414 g/mol. The van der Waals surface area contributed by atoms with E-state index in [9.17, 15) is 14.9 Å². The van der Waals surface area contributed by atoms with Crippen LogP contribution in [0.1, 0.15) is 54.9 Å². The van der Waals surface area contributed by atoms with Crippen LogP contribution in [0.4, 0.5) is 5.69 Å². The third-order valence-corrected chi connectivity index (χ3v) is 5.46. The predicted octanol–water partition coefficient (Wildman–Crippen LogP) is 4.48. The largest absolute Gasteiger partial charge is 0.495 e. The van der Waals surface area contributed by atoms with Crippen molar-refractivity contribution in [1.29, 1.82) is 5.26 Å². The van der Waals surface area contributed by atoms with Gasteiger partial charge in [0.15, 0.2) is 0 Å². The number of nitrogens with zero attached hydrogens (tertiary/aromatic N) is 2. The van der Waals surface area contributed by atoms with Crippen molar-refractivity contribution in [2.75, 3.05) is 24.8 Å².